The molecular weight excluding hydrogens is 328 g/mol. The topological polar surface area (TPSA) is 93.9 Å². The number of nitriles is 1. The predicted octanol–water partition coefficient (Wildman–Crippen LogP) is 1.76. The summed E-state index contributed by atoms with van der Waals surface area (Å²) in [5.41, 5.74) is 2.19. The number of amides is 1. The molecule has 1 aromatic carbocycles. The van der Waals surface area contributed by atoms with E-state index < -0.39 is 0 Å². The maximum absolute atomic E-state index is 12.0. The van der Waals surface area contributed by atoms with E-state index in [2.05, 4.69) is 26.7 Å². The summed E-state index contributed by atoms with van der Waals surface area (Å²) in [6, 6.07) is 11.0. The van der Waals surface area contributed by atoms with Gasteiger partial charge in [0, 0.05) is 30.5 Å². The monoisotopic (exact) mass is 344 g/mol. The summed E-state index contributed by atoms with van der Waals surface area (Å²) in [4.78, 5) is 22.4. The molecule has 1 aromatic heterocycles. The minimum Gasteiger partial charge on any atom is -0.340 e. The minimum atomic E-state index is -0.0360. The van der Waals surface area contributed by atoms with Gasteiger partial charge in [-0.1, -0.05) is 0 Å². The van der Waals surface area contributed by atoms with Crippen molar-refractivity contribution in [2.45, 2.75) is 6.92 Å². The van der Waals surface area contributed by atoms with E-state index >= 15 is 0 Å². The van der Waals surface area contributed by atoms with Gasteiger partial charge < -0.3 is 10.6 Å². The van der Waals surface area contributed by atoms with Gasteiger partial charge in [0.1, 0.15) is 5.82 Å². The maximum atomic E-state index is 12.0. The van der Waals surface area contributed by atoms with Crippen molar-refractivity contribution in [3.05, 3.63) is 41.6 Å². The lowest BCUT2D eigenvalue weighted by atomic mass is 10.2. The Kier molecular flexibility index (Phi) is 5.68. The van der Waals surface area contributed by atoms with E-state index in [9.17, 15) is 4.79 Å². The van der Waals surface area contributed by atoms with E-state index in [4.69, 9.17) is 5.26 Å². The Bertz CT molecular complexity index is 771. The van der Waals surface area contributed by atoms with Gasteiger partial charge in [-0.05, 0) is 31.2 Å². The second kappa shape index (κ2) is 7.73. The summed E-state index contributed by atoms with van der Waals surface area (Å²) >= 11 is 0. The smallest absolute Gasteiger partial charge is 0.243 e. The number of halogens is 1. The molecule has 0 atom stereocenters. The van der Waals surface area contributed by atoms with Crippen LogP contribution < -0.4 is 15.5 Å². The second-order valence-corrected chi connectivity index (χ2v) is 5.23. The quantitative estimate of drug-likeness (QED) is 0.881. The number of carbonyl (C=O) groups excluding carboxylic acids is 1. The summed E-state index contributed by atoms with van der Waals surface area (Å²) in [6.45, 7) is 3.44. The third-order valence-electron chi connectivity index (χ3n) is 3.46. The van der Waals surface area contributed by atoms with Crippen molar-refractivity contribution >= 4 is 35.8 Å². The molecule has 0 radical (unpaired) electrons. The van der Waals surface area contributed by atoms with Crippen molar-refractivity contribution in [1.29, 1.82) is 5.26 Å². The molecule has 8 heteroatoms. The van der Waals surface area contributed by atoms with Crippen LogP contribution in [0.1, 0.15) is 11.3 Å². The molecule has 2 heterocycles. The lowest BCUT2D eigenvalue weighted by molar-refractivity contribution is -0.118. The van der Waals surface area contributed by atoms with Crippen molar-refractivity contribution in [3.8, 4) is 6.07 Å². The molecule has 0 saturated carbocycles. The third-order valence-corrected chi connectivity index (χ3v) is 3.46. The molecule has 24 heavy (non-hydrogen) atoms. The second-order valence-electron chi connectivity index (χ2n) is 5.23. The number of nitrogens with zero attached hydrogens (tertiary/aromatic N) is 4. The number of piperazine rings is 1. The first kappa shape index (κ1) is 17.7. The number of rotatable bonds is 3. The van der Waals surface area contributed by atoms with Gasteiger partial charge in [0.05, 0.1) is 18.2 Å². The van der Waals surface area contributed by atoms with E-state index in [0.717, 1.165) is 17.9 Å². The number of aryl methyl sites for hydroxylation is 1. The van der Waals surface area contributed by atoms with E-state index in [1.165, 1.54) is 0 Å². The number of aromatic nitrogens is 2. The van der Waals surface area contributed by atoms with Crippen LogP contribution in [0.15, 0.2) is 30.3 Å². The Morgan fingerprint density at radius 1 is 1.29 bits per heavy atom. The lowest BCUT2D eigenvalue weighted by Gasteiger charge is -2.26. The van der Waals surface area contributed by atoms with Crippen LogP contribution in [-0.4, -0.2) is 35.5 Å². The van der Waals surface area contributed by atoms with Crippen LogP contribution in [0.2, 0.25) is 0 Å². The number of hydrogen-bond acceptors (Lipinski definition) is 6. The summed E-state index contributed by atoms with van der Waals surface area (Å²) in [6.07, 6.45) is 0. The Morgan fingerprint density at radius 2 is 2.04 bits per heavy atom. The van der Waals surface area contributed by atoms with E-state index in [-0.39, 0.29) is 18.3 Å². The summed E-state index contributed by atoms with van der Waals surface area (Å²) in [5.74, 6) is 0.988. The fourth-order valence-electron chi connectivity index (χ4n) is 2.33. The highest BCUT2D eigenvalue weighted by Gasteiger charge is 2.22. The van der Waals surface area contributed by atoms with Crippen LogP contribution in [0.3, 0.4) is 0 Å². The molecule has 2 N–H and O–H groups in total. The zero-order valence-corrected chi connectivity index (χ0v) is 13.9. The number of carbonyl (C=O) groups is 1. The molecule has 0 aliphatic carbocycles. The van der Waals surface area contributed by atoms with Gasteiger partial charge in [-0.15, -0.1) is 12.4 Å². The highest BCUT2D eigenvalue weighted by atomic mass is 35.5. The molecule has 7 nitrogen and oxygen atoms in total. The van der Waals surface area contributed by atoms with Gasteiger partial charge in [0.25, 0.3) is 0 Å². The SMILES string of the molecule is Cc1cc(Nc2ccc(C#N)cc2)nc(N2CCNCC2=O)n1.Cl. The lowest BCUT2D eigenvalue weighted by Crippen LogP contribution is -2.48. The number of hydrogen-bond donors (Lipinski definition) is 2. The molecule has 1 fully saturated rings. The molecule has 1 aliphatic rings. The van der Waals surface area contributed by atoms with Gasteiger partial charge in [-0.25, -0.2) is 4.98 Å². The largest absolute Gasteiger partial charge is 0.340 e. The zero-order valence-electron chi connectivity index (χ0n) is 13.1. The fourth-order valence-corrected chi connectivity index (χ4v) is 2.33. The Morgan fingerprint density at radius 3 is 2.71 bits per heavy atom. The van der Waals surface area contributed by atoms with Crippen molar-refractivity contribution in [3.63, 3.8) is 0 Å². The Hall–Kier alpha value is -2.69. The number of benzene rings is 1. The maximum Gasteiger partial charge on any atom is 0.243 e. The average Bonchev–Trinajstić information content (AvgIpc) is 2.55. The van der Waals surface area contributed by atoms with E-state index in [0.29, 0.717) is 30.4 Å². The average molecular weight is 345 g/mol. The van der Waals surface area contributed by atoms with Crippen LogP contribution in [0, 0.1) is 18.3 Å². The normalized spacial score (nSPS) is 13.8. The molecular formula is C16H17ClN6O. The van der Waals surface area contributed by atoms with Crippen LogP contribution in [0.25, 0.3) is 0 Å². The molecule has 0 bridgehead atoms. The van der Waals surface area contributed by atoms with Crippen molar-refractivity contribution in [2.24, 2.45) is 0 Å². The number of anilines is 3. The van der Waals surface area contributed by atoms with Crippen molar-refractivity contribution < 1.29 is 4.79 Å². The molecule has 1 amide bonds. The van der Waals surface area contributed by atoms with Crippen LogP contribution in [-0.2, 0) is 4.79 Å². The van der Waals surface area contributed by atoms with Crippen LogP contribution in [0.4, 0.5) is 17.5 Å². The first-order chi connectivity index (χ1) is 11.2. The standard InChI is InChI=1S/C16H16N6O.ClH/c1-11-8-14(20-13-4-2-12(9-17)3-5-13)21-16(19-11)22-7-6-18-10-15(22)23;/h2-5,8,18H,6-7,10H2,1H3,(H,19,20,21);1H. The molecule has 2 aromatic rings. The van der Waals surface area contributed by atoms with Gasteiger partial charge >= 0.3 is 0 Å². The van der Waals surface area contributed by atoms with E-state index in [1.807, 2.05) is 25.1 Å². The molecule has 3 rings (SSSR count). The van der Waals surface area contributed by atoms with Gasteiger partial charge in [0.15, 0.2) is 0 Å². The van der Waals surface area contributed by atoms with Gasteiger partial charge in [-0.3, -0.25) is 9.69 Å². The molecule has 1 saturated heterocycles. The fraction of sp³-hybridized carbons (Fsp3) is 0.250. The highest BCUT2D eigenvalue weighted by molar-refractivity contribution is 5.94. The molecule has 1 aliphatic heterocycles. The predicted molar refractivity (Wildman–Crippen MR) is 93.7 cm³/mol. The van der Waals surface area contributed by atoms with Crippen molar-refractivity contribution in [1.82, 2.24) is 15.3 Å². The van der Waals surface area contributed by atoms with Gasteiger partial charge in [-0.2, -0.15) is 10.2 Å². The first-order valence-electron chi connectivity index (χ1n) is 7.29. The Balaban J connectivity index is 0.00000208. The van der Waals surface area contributed by atoms with E-state index in [1.54, 1.807) is 17.0 Å². The first-order valence-corrected chi connectivity index (χ1v) is 7.29. The zero-order chi connectivity index (χ0) is 16.2. The Labute approximate surface area is 146 Å². The third kappa shape index (κ3) is 3.98. The van der Waals surface area contributed by atoms with Gasteiger partial charge in [0.2, 0.25) is 11.9 Å². The molecule has 0 unspecified atom stereocenters. The molecule has 124 valence electrons. The number of nitrogens with one attached hydrogen (secondary N) is 2. The van der Waals surface area contributed by atoms with Crippen LogP contribution >= 0.6 is 12.4 Å². The minimum absolute atomic E-state index is 0. The summed E-state index contributed by atoms with van der Waals surface area (Å²) < 4.78 is 0. The van der Waals surface area contributed by atoms with Crippen molar-refractivity contribution in [2.75, 3.05) is 29.9 Å². The van der Waals surface area contributed by atoms with Crippen LogP contribution in [0.5, 0.6) is 0 Å². The summed E-state index contributed by atoms with van der Waals surface area (Å²) in [7, 11) is 0. The highest BCUT2D eigenvalue weighted by Crippen LogP contribution is 2.19. The summed E-state index contributed by atoms with van der Waals surface area (Å²) in [5, 5.41) is 15.0. The molecule has 0 spiro atoms.